The highest BCUT2D eigenvalue weighted by Crippen LogP contribution is 2.42. The van der Waals surface area contributed by atoms with E-state index in [0.29, 0.717) is 19.6 Å². The zero-order chi connectivity index (χ0) is 26.5. The first-order valence-electron chi connectivity index (χ1n) is 13.8. The summed E-state index contributed by atoms with van der Waals surface area (Å²) in [5, 5.41) is 0. The first-order valence-corrected chi connectivity index (χ1v) is 16.9. The minimum Gasteiger partial charge on any atom is -0.381 e. The van der Waals surface area contributed by atoms with Crippen LogP contribution >= 0.6 is 7.60 Å². The van der Waals surface area contributed by atoms with Crippen LogP contribution in [0.4, 0.5) is 0 Å². The van der Waals surface area contributed by atoms with E-state index in [1.807, 2.05) is 6.92 Å². The molecule has 0 radical (unpaired) electrons. The molecule has 210 valence electrons. The maximum Gasteiger partial charge on any atom is 0.355 e. The molecular weight excluding hydrogens is 499 g/mol. The Morgan fingerprint density at radius 1 is 0.722 bits per heavy atom. The Kier molecular flexibility index (Phi) is 18.7. The fourth-order valence-electron chi connectivity index (χ4n) is 3.82. The van der Waals surface area contributed by atoms with Crippen LogP contribution in [0.3, 0.4) is 0 Å². The molecule has 0 aromatic heterocycles. The monoisotopic (exact) mass is 548 g/mol. The highest BCUT2D eigenvalue weighted by molar-refractivity contribution is 7.87. The van der Waals surface area contributed by atoms with Gasteiger partial charge in [0.15, 0.2) is 6.35 Å². The van der Waals surface area contributed by atoms with Gasteiger partial charge >= 0.3 is 7.60 Å². The Morgan fingerprint density at radius 3 is 1.72 bits per heavy atom. The van der Waals surface area contributed by atoms with Crippen molar-refractivity contribution in [3.8, 4) is 0 Å². The predicted octanol–water partition coefficient (Wildman–Crippen LogP) is 7.75. The molecule has 7 nitrogen and oxygen atoms in total. The molecule has 0 saturated heterocycles. The molecule has 0 aliphatic heterocycles. The zero-order valence-corrected chi connectivity index (χ0v) is 24.2. The first-order chi connectivity index (χ1) is 17.3. The van der Waals surface area contributed by atoms with Gasteiger partial charge in [0.2, 0.25) is 0 Å². The highest BCUT2D eigenvalue weighted by Gasteiger charge is 2.25. The quantitative estimate of drug-likeness (QED) is 0.0801. The van der Waals surface area contributed by atoms with Gasteiger partial charge in [0, 0.05) is 13.2 Å². The molecule has 0 aliphatic rings. The summed E-state index contributed by atoms with van der Waals surface area (Å²) in [6, 6.07) is 6.04. The number of hydrogen-bond donors (Lipinski definition) is 1. The van der Waals surface area contributed by atoms with Crippen LogP contribution < -0.4 is 0 Å². The molecule has 0 aliphatic carbocycles. The second kappa shape index (κ2) is 20.2. The molecule has 1 N–H and O–H groups in total. The van der Waals surface area contributed by atoms with Gasteiger partial charge in [-0.1, -0.05) is 108 Å². The lowest BCUT2D eigenvalue weighted by molar-refractivity contribution is 0.112. The Labute approximate surface area is 220 Å². The maximum atomic E-state index is 12.1. The van der Waals surface area contributed by atoms with Gasteiger partial charge in [-0.05, 0) is 31.9 Å². The van der Waals surface area contributed by atoms with Crippen molar-refractivity contribution in [2.24, 2.45) is 0 Å². The highest BCUT2D eigenvalue weighted by atomic mass is 32.2. The van der Waals surface area contributed by atoms with E-state index in [4.69, 9.17) is 13.4 Å². The lowest BCUT2D eigenvalue weighted by atomic mass is 10.0. The van der Waals surface area contributed by atoms with Gasteiger partial charge in [0.1, 0.15) is 0 Å². The molecule has 1 unspecified atom stereocenters. The smallest absolute Gasteiger partial charge is 0.355 e. The van der Waals surface area contributed by atoms with E-state index in [9.17, 15) is 17.9 Å². The van der Waals surface area contributed by atoms with Crippen molar-refractivity contribution in [2.75, 3.05) is 26.2 Å². The summed E-state index contributed by atoms with van der Waals surface area (Å²) >= 11 is 0. The number of benzene rings is 1. The van der Waals surface area contributed by atoms with Crippen LogP contribution in [0.5, 0.6) is 0 Å². The Morgan fingerprint density at radius 2 is 1.19 bits per heavy atom. The third-order valence-corrected chi connectivity index (χ3v) is 8.54. The van der Waals surface area contributed by atoms with Crippen molar-refractivity contribution in [1.82, 2.24) is 0 Å². The number of ether oxygens (including phenoxy) is 1. The van der Waals surface area contributed by atoms with Crippen molar-refractivity contribution in [3.05, 3.63) is 29.8 Å². The summed E-state index contributed by atoms with van der Waals surface area (Å²) in [7, 11) is -8.28. The minimum absolute atomic E-state index is 0.000453. The summed E-state index contributed by atoms with van der Waals surface area (Å²) in [6.07, 6.45) is 18.0. The number of unbranched alkanes of at least 4 members (excludes halogenated alkanes) is 13. The van der Waals surface area contributed by atoms with Crippen LogP contribution in [0.25, 0.3) is 0 Å². The molecule has 0 fully saturated rings. The molecule has 0 amide bonds. The second-order valence-corrected chi connectivity index (χ2v) is 13.0. The summed E-state index contributed by atoms with van der Waals surface area (Å²) < 4.78 is 51.5. The fourth-order valence-corrected chi connectivity index (χ4v) is 6.00. The van der Waals surface area contributed by atoms with E-state index in [-0.39, 0.29) is 11.5 Å². The van der Waals surface area contributed by atoms with Gasteiger partial charge in [-0.2, -0.15) is 8.42 Å². The molecule has 1 aromatic carbocycles. The number of hydrogen-bond acceptors (Lipinski definition) is 6. The average Bonchev–Trinajstić information content (AvgIpc) is 2.84. The van der Waals surface area contributed by atoms with Gasteiger partial charge in [0.05, 0.1) is 11.5 Å². The Bertz CT molecular complexity index is 812. The molecule has 1 atom stereocenters. The molecule has 1 rings (SSSR count). The largest absolute Gasteiger partial charge is 0.381 e. The van der Waals surface area contributed by atoms with Crippen LogP contribution in [0.2, 0.25) is 0 Å². The maximum absolute atomic E-state index is 12.1. The van der Waals surface area contributed by atoms with Crippen molar-refractivity contribution in [3.63, 3.8) is 0 Å². The Balaban J connectivity index is 1.92. The summed E-state index contributed by atoms with van der Waals surface area (Å²) in [4.78, 5) is 9.75. The van der Waals surface area contributed by atoms with E-state index in [0.717, 1.165) is 18.4 Å². The Hall–Kier alpha value is -0.760. The molecule has 0 bridgehead atoms. The van der Waals surface area contributed by atoms with Gasteiger partial charge in [0.25, 0.3) is 10.1 Å². The van der Waals surface area contributed by atoms with E-state index in [1.54, 1.807) is 12.1 Å². The van der Waals surface area contributed by atoms with Crippen LogP contribution in [-0.4, -0.2) is 39.5 Å². The van der Waals surface area contributed by atoms with Crippen molar-refractivity contribution < 1.29 is 31.3 Å². The summed E-state index contributed by atoms with van der Waals surface area (Å²) in [5.41, 5.74) is 0.900. The molecule has 0 saturated carbocycles. The molecule has 1 aromatic rings. The SMILES string of the molecule is CCCCCCCCCCCCCCCCOCCCOP(=O)(O)COS(=O)(=O)c1ccc(C)cc1. The number of rotatable bonds is 24. The van der Waals surface area contributed by atoms with Crippen LogP contribution in [0.15, 0.2) is 29.2 Å². The predicted molar refractivity (Wildman–Crippen MR) is 146 cm³/mol. The van der Waals surface area contributed by atoms with Gasteiger partial charge < -0.3 is 14.2 Å². The van der Waals surface area contributed by atoms with Crippen LogP contribution in [0.1, 0.15) is 109 Å². The van der Waals surface area contributed by atoms with Crippen LogP contribution in [-0.2, 0) is 28.1 Å². The van der Waals surface area contributed by atoms with Crippen molar-refractivity contribution in [2.45, 2.75) is 115 Å². The zero-order valence-electron chi connectivity index (χ0n) is 22.5. The molecule has 0 heterocycles. The van der Waals surface area contributed by atoms with E-state index in [2.05, 4.69) is 6.92 Å². The third kappa shape index (κ3) is 17.7. The summed E-state index contributed by atoms with van der Waals surface area (Å²) in [6.45, 7) is 5.19. The molecule has 0 spiro atoms. The topological polar surface area (TPSA) is 99.1 Å². The second-order valence-electron chi connectivity index (χ2n) is 9.55. The lowest BCUT2D eigenvalue weighted by Crippen LogP contribution is -2.10. The summed E-state index contributed by atoms with van der Waals surface area (Å²) in [5.74, 6) is 0. The van der Waals surface area contributed by atoms with Crippen molar-refractivity contribution in [1.29, 1.82) is 0 Å². The minimum atomic E-state index is -4.17. The van der Waals surface area contributed by atoms with Crippen LogP contribution in [0, 0.1) is 6.92 Å². The number of aryl methyl sites for hydroxylation is 1. The normalized spacial score (nSPS) is 13.6. The fraction of sp³-hybridized carbons (Fsp3) is 0.778. The van der Waals surface area contributed by atoms with E-state index in [1.165, 1.54) is 89.2 Å². The third-order valence-electron chi connectivity index (χ3n) is 6.05. The van der Waals surface area contributed by atoms with E-state index < -0.39 is 24.1 Å². The first kappa shape index (κ1) is 33.3. The molecular formula is C27H49O7PS. The average molecular weight is 549 g/mol. The van der Waals surface area contributed by atoms with E-state index >= 15 is 0 Å². The molecule has 9 heteroatoms. The standard InChI is InChI=1S/C27H49O7PS/c1-3-4-5-6-7-8-9-10-11-12-13-14-15-16-22-32-23-17-24-33-35(28,29)25-34-36(30,31)27-20-18-26(2)19-21-27/h18-21H,3-17,22-25H2,1-2H3,(H,28,29). The van der Waals surface area contributed by atoms with Crippen molar-refractivity contribution >= 4 is 17.7 Å². The van der Waals surface area contributed by atoms with Gasteiger partial charge in [-0.25, -0.2) is 0 Å². The van der Waals surface area contributed by atoms with Gasteiger partial charge in [-0.15, -0.1) is 0 Å². The van der Waals surface area contributed by atoms with Gasteiger partial charge in [-0.3, -0.25) is 8.75 Å². The lowest BCUT2D eigenvalue weighted by Gasteiger charge is -2.13. The molecule has 36 heavy (non-hydrogen) atoms.